The quantitative estimate of drug-likeness (QED) is 0.693. The van der Waals surface area contributed by atoms with Crippen LogP contribution in [0.1, 0.15) is 64.2 Å². The molecule has 2 fully saturated rings. The monoisotopic (exact) mass is 228 g/mol. The van der Waals surface area contributed by atoms with Crippen LogP contribution in [-0.2, 0) is 9.68 Å². The van der Waals surface area contributed by atoms with Gasteiger partial charge < -0.3 is 0 Å². The molecule has 2 aliphatic carbocycles. The van der Waals surface area contributed by atoms with E-state index in [4.69, 9.17) is 9.68 Å². The SMILES string of the molecule is O=[N+](OC1CCCCC1)OC1CCCCC1. The van der Waals surface area contributed by atoms with Gasteiger partial charge in [0.1, 0.15) is 4.91 Å². The summed E-state index contributed by atoms with van der Waals surface area (Å²) in [5.41, 5.74) is 0. The number of hydrogen-bond donors (Lipinski definition) is 0. The van der Waals surface area contributed by atoms with Crippen molar-refractivity contribution in [3.63, 3.8) is 0 Å². The molecule has 0 saturated heterocycles. The summed E-state index contributed by atoms with van der Waals surface area (Å²) in [6.45, 7) is 0. The van der Waals surface area contributed by atoms with Crippen molar-refractivity contribution in [2.75, 3.05) is 0 Å². The van der Waals surface area contributed by atoms with Gasteiger partial charge >= 0.3 is 5.09 Å². The molecule has 2 aliphatic rings. The third-order valence-corrected chi connectivity index (χ3v) is 3.57. The number of hydrogen-bond acceptors (Lipinski definition) is 3. The van der Waals surface area contributed by atoms with Crippen LogP contribution in [0.3, 0.4) is 0 Å². The molecule has 0 bridgehead atoms. The fourth-order valence-corrected chi connectivity index (χ4v) is 2.61. The molecule has 0 aromatic carbocycles. The van der Waals surface area contributed by atoms with Gasteiger partial charge in [-0.05, 0) is 51.4 Å². The summed E-state index contributed by atoms with van der Waals surface area (Å²) >= 11 is 0. The zero-order valence-corrected chi connectivity index (χ0v) is 9.90. The molecule has 4 nitrogen and oxygen atoms in total. The fraction of sp³-hybridized carbons (Fsp3) is 1.00. The van der Waals surface area contributed by atoms with Gasteiger partial charge in [0, 0.05) is 0 Å². The lowest BCUT2D eigenvalue weighted by Crippen LogP contribution is -2.28. The third kappa shape index (κ3) is 3.65. The van der Waals surface area contributed by atoms with Crippen molar-refractivity contribution in [2.45, 2.75) is 76.4 Å². The second kappa shape index (κ2) is 6.06. The molecule has 0 N–H and O–H groups in total. The van der Waals surface area contributed by atoms with Crippen molar-refractivity contribution in [1.29, 1.82) is 0 Å². The Bertz CT molecular complexity index is 198. The highest BCUT2D eigenvalue weighted by Gasteiger charge is 2.29. The topological polar surface area (TPSA) is 38.5 Å². The summed E-state index contributed by atoms with van der Waals surface area (Å²) in [5.74, 6) is 0. The molecule has 0 heterocycles. The van der Waals surface area contributed by atoms with Gasteiger partial charge in [0.05, 0.1) is 0 Å². The Hall–Kier alpha value is -0.800. The van der Waals surface area contributed by atoms with Gasteiger partial charge in [0.15, 0.2) is 12.2 Å². The highest BCUT2D eigenvalue weighted by atomic mass is 17.0. The summed E-state index contributed by atoms with van der Waals surface area (Å²) in [5, 5.41) is 0.381. The first-order chi connectivity index (χ1) is 7.84. The van der Waals surface area contributed by atoms with Crippen LogP contribution in [-0.4, -0.2) is 17.3 Å². The highest BCUT2D eigenvalue weighted by molar-refractivity contribution is 4.64. The van der Waals surface area contributed by atoms with E-state index < -0.39 is 0 Å². The summed E-state index contributed by atoms with van der Waals surface area (Å²) in [4.78, 5) is 22.0. The van der Waals surface area contributed by atoms with Crippen molar-refractivity contribution in [1.82, 2.24) is 0 Å². The summed E-state index contributed by atoms with van der Waals surface area (Å²) in [7, 11) is 0. The maximum atomic E-state index is 11.5. The van der Waals surface area contributed by atoms with Gasteiger partial charge in [-0.25, -0.2) is 0 Å². The lowest BCUT2D eigenvalue weighted by molar-refractivity contribution is -0.993. The van der Waals surface area contributed by atoms with E-state index in [1.807, 2.05) is 0 Å². The molecular formula is C12H22NO3+. The lowest BCUT2D eigenvalue weighted by Gasteiger charge is -2.18. The predicted octanol–water partition coefficient (Wildman–Crippen LogP) is 3.29. The van der Waals surface area contributed by atoms with Gasteiger partial charge in [-0.15, -0.1) is 0 Å². The Labute approximate surface area is 96.8 Å². The minimum atomic E-state index is 0.0786. The van der Waals surface area contributed by atoms with Crippen molar-refractivity contribution >= 4 is 0 Å². The molecule has 0 aromatic rings. The van der Waals surface area contributed by atoms with Crippen LogP contribution in [0.5, 0.6) is 0 Å². The smallest absolute Gasteiger partial charge is 0.183 e. The maximum absolute atomic E-state index is 11.5. The Morgan fingerprint density at radius 2 is 1.06 bits per heavy atom. The molecule has 2 rings (SSSR count). The van der Waals surface area contributed by atoms with Crippen molar-refractivity contribution in [3.8, 4) is 0 Å². The van der Waals surface area contributed by atoms with Crippen molar-refractivity contribution in [3.05, 3.63) is 4.91 Å². The van der Waals surface area contributed by atoms with Crippen LogP contribution in [0.15, 0.2) is 0 Å². The van der Waals surface area contributed by atoms with Crippen LogP contribution in [0, 0.1) is 4.91 Å². The fourth-order valence-electron chi connectivity index (χ4n) is 2.61. The molecule has 2 saturated carbocycles. The molecule has 0 aliphatic heterocycles. The Morgan fingerprint density at radius 3 is 1.44 bits per heavy atom. The first-order valence-electron chi connectivity index (χ1n) is 6.65. The first kappa shape index (κ1) is 11.7. The first-order valence-corrected chi connectivity index (χ1v) is 6.65. The van der Waals surface area contributed by atoms with Crippen LogP contribution in [0.25, 0.3) is 0 Å². The lowest BCUT2D eigenvalue weighted by atomic mass is 9.98. The average Bonchev–Trinajstić information content (AvgIpc) is 2.31. The van der Waals surface area contributed by atoms with Crippen molar-refractivity contribution < 1.29 is 14.8 Å². The normalized spacial score (nSPS) is 24.0. The third-order valence-electron chi connectivity index (χ3n) is 3.57. The minimum Gasteiger partial charge on any atom is -0.183 e. The van der Waals surface area contributed by atoms with E-state index in [1.54, 1.807) is 0 Å². The molecular weight excluding hydrogens is 206 g/mol. The van der Waals surface area contributed by atoms with E-state index in [-0.39, 0.29) is 12.2 Å². The van der Waals surface area contributed by atoms with Gasteiger partial charge in [-0.3, -0.25) is 0 Å². The van der Waals surface area contributed by atoms with E-state index in [9.17, 15) is 4.91 Å². The highest BCUT2D eigenvalue weighted by Crippen LogP contribution is 2.23. The average molecular weight is 228 g/mol. The molecule has 0 atom stereocenters. The zero-order chi connectivity index (χ0) is 11.2. The molecule has 4 heteroatoms. The van der Waals surface area contributed by atoms with Crippen LogP contribution in [0.4, 0.5) is 0 Å². The van der Waals surface area contributed by atoms with Crippen LogP contribution < -0.4 is 0 Å². The summed E-state index contributed by atoms with van der Waals surface area (Å²) in [6, 6.07) is 0. The van der Waals surface area contributed by atoms with E-state index in [0.717, 1.165) is 25.7 Å². The molecule has 16 heavy (non-hydrogen) atoms. The molecule has 0 aromatic heterocycles. The second-order valence-electron chi connectivity index (χ2n) is 4.95. The standard InChI is InChI=1S/C12H22NO3/c14-13(15-11-7-3-1-4-8-11)16-12-9-5-2-6-10-12/h11-12H,1-10H2/q+1. The van der Waals surface area contributed by atoms with E-state index in [1.165, 1.54) is 38.5 Å². The molecule has 0 unspecified atom stereocenters. The van der Waals surface area contributed by atoms with Gasteiger partial charge in [0.25, 0.3) is 0 Å². The molecule has 92 valence electrons. The summed E-state index contributed by atoms with van der Waals surface area (Å²) in [6.07, 6.45) is 11.3. The largest absolute Gasteiger partial charge is 0.478 e. The second-order valence-corrected chi connectivity index (χ2v) is 4.95. The predicted molar refractivity (Wildman–Crippen MR) is 59.5 cm³/mol. The number of rotatable bonds is 4. The Balaban J connectivity index is 1.66. The van der Waals surface area contributed by atoms with Gasteiger partial charge in [-0.1, -0.05) is 12.8 Å². The molecule has 0 radical (unpaired) electrons. The molecule has 0 amide bonds. The zero-order valence-electron chi connectivity index (χ0n) is 9.90. The van der Waals surface area contributed by atoms with Gasteiger partial charge in [-0.2, -0.15) is 9.68 Å². The van der Waals surface area contributed by atoms with Gasteiger partial charge in [0.2, 0.25) is 0 Å². The minimum absolute atomic E-state index is 0.0786. The Morgan fingerprint density at radius 1 is 0.688 bits per heavy atom. The van der Waals surface area contributed by atoms with E-state index in [0.29, 0.717) is 5.09 Å². The van der Waals surface area contributed by atoms with Crippen LogP contribution in [0.2, 0.25) is 0 Å². The van der Waals surface area contributed by atoms with E-state index in [2.05, 4.69) is 0 Å². The Kier molecular flexibility index (Phi) is 4.43. The maximum Gasteiger partial charge on any atom is 0.478 e. The summed E-state index contributed by atoms with van der Waals surface area (Å²) < 4.78 is 0. The molecule has 0 spiro atoms. The number of nitrogens with zero attached hydrogens (tertiary/aromatic N) is 1. The van der Waals surface area contributed by atoms with E-state index >= 15 is 0 Å². The van der Waals surface area contributed by atoms with Crippen LogP contribution >= 0.6 is 0 Å². The van der Waals surface area contributed by atoms with Crippen molar-refractivity contribution in [2.24, 2.45) is 0 Å².